The van der Waals surface area contributed by atoms with Gasteiger partial charge in [0.15, 0.2) is 0 Å². The summed E-state index contributed by atoms with van der Waals surface area (Å²) in [5.41, 5.74) is 3.35. The van der Waals surface area contributed by atoms with Gasteiger partial charge in [-0.2, -0.15) is 0 Å². The van der Waals surface area contributed by atoms with Gasteiger partial charge in [-0.3, -0.25) is 0 Å². The highest BCUT2D eigenvalue weighted by Crippen LogP contribution is 2.18. The average molecular weight is 342 g/mol. The lowest BCUT2D eigenvalue weighted by atomic mass is 10.1. The van der Waals surface area contributed by atoms with Gasteiger partial charge in [0.25, 0.3) is 0 Å². The van der Waals surface area contributed by atoms with Crippen molar-refractivity contribution in [2.75, 3.05) is 6.54 Å². The van der Waals surface area contributed by atoms with E-state index in [1.54, 1.807) is 12.1 Å². The Bertz CT molecular complexity index is 912. The molecule has 0 atom stereocenters. The zero-order valence-corrected chi connectivity index (χ0v) is 14.6. The third-order valence-electron chi connectivity index (χ3n) is 4.13. The number of fused-ring (bicyclic) bond motifs is 1. The molecule has 0 spiro atoms. The van der Waals surface area contributed by atoms with Crippen LogP contribution in [0.25, 0.3) is 10.9 Å². The Hall–Kier alpha value is -2.11. The zero-order chi connectivity index (χ0) is 17.0. The number of para-hydroxylation sites is 1. The molecule has 0 aliphatic rings. The smallest absolute Gasteiger partial charge is 0.240 e. The van der Waals surface area contributed by atoms with Crippen LogP contribution in [0.3, 0.4) is 0 Å². The van der Waals surface area contributed by atoms with Crippen molar-refractivity contribution in [3.8, 4) is 0 Å². The first kappa shape index (κ1) is 16.7. The summed E-state index contributed by atoms with van der Waals surface area (Å²) < 4.78 is 27.4. The normalized spacial score (nSPS) is 11.9. The summed E-state index contributed by atoms with van der Waals surface area (Å²) in [6, 6.07) is 15.2. The summed E-state index contributed by atoms with van der Waals surface area (Å²) in [5.74, 6) is 0. The van der Waals surface area contributed by atoms with Crippen molar-refractivity contribution in [3.05, 3.63) is 65.9 Å². The largest absolute Gasteiger partial charge is 0.361 e. The van der Waals surface area contributed by atoms with Crippen LogP contribution in [0, 0.1) is 0 Å². The summed E-state index contributed by atoms with van der Waals surface area (Å²) in [4.78, 5) is 3.53. The molecule has 1 heterocycles. The van der Waals surface area contributed by atoms with Crippen LogP contribution in [-0.2, 0) is 22.9 Å². The van der Waals surface area contributed by atoms with Crippen LogP contribution >= 0.6 is 0 Å². The van der Waals surface area contributed by atoms with Gasteiger partial charge in [0.05, 0.1) is 4.90 Å². The van der Waals surface area contributed by atoms with Gasteiger partial charge in [-0.05, 0) is 42.2 Å². The molecule has 2 aromatic carbocycles. The molecule has 0 aliphatic carbocycles. The molecule has 0 amide bonds. The lowest BCUT2D eigenvalue weighted by Crippen LogP contribution is -2.25. The van der Waals surface area contributed by atoms with Crippen LogP contribution in [0.4, 0.5) is 0 Å². The molecule has 3 aromatic rings. The summed E-state index contributed by atoms with van der Waals surface area (Å²) in [7, 11) is -3.46. The molecule has 4 nitrogen and oxygen atoms in total. The number of sulfonamides is 1. The minimum Gasteiger partial charge on any atom is -0.361 e. The molecule has 5 heteroatoms. The van der Waals surface area contributed by atoms with Crippen LogP contribution in [0.1, 0.15) is 24.5 Å². The van der Waals surface area contributed by atoms with Crippen molar-refractivity contribution in [2.24, 2.45) is 0 Å². The van der Waals surface area contributed by atoms with Gasteiger partial charge in [0.2, 0.25) is 10.0 Å². The van der Waals surface area contributed by atoms with Gasteiger partial charge in [0, 0.05) is 23.6 Å². The highest BCUT2D eigenvalue weighted by molar-refractivity contribution is 7.89. The van der Waals surface area contributed by atoms with E-state index in [2.05, 4.69) is 16.6 Å². The molecule has 0 saturated carbocycles. The van der Waals surface area contributed by atoms with E-state index < -0.39 is 10.0 Å². The highest BCUT2D eigenvalue weighted by atomic mass is 32.2. The molecule has 0 fully saturated rings. The summed E-state index contributed by atoms with van der Waals surface area (Å²) in [5, 5.41) is 1.14. The molecule has 2 N–H and O–H groups in total. The third-order valence-corrected chi connectivity index (χ3v) is 5.61. The van der Waals surface area contributed by atoms with Gasteiger partial charge in [0.1, 0.15) is 0 Å². The molecule has 0 bridgehead atoms. The van der Waals surface area contributed by atoms with E-state index in [1.807, 2.05) is 42.6 Å². The molecular formula is C19H22N2O2S. The highest BCUT2D eigenvalue weighted by Gasteiger charge is 2.13. The maximum absolute atomic E-state index is 12.4. The number of hydrogen-bond acceptors (Lipinski definition) is 2. The first-order valence-electron chi connectivity index (χ1n) is 8.24. The summed E-state index contributed by atoms with van der Waals surface area (Å²) >= 11 is 0. The number of benzene rings is 2. The van der Waals surface area contributed by atoms with Crippen LogP contribution in [0.5, 0.6) is 0 Å². The quantitative estimate of drug-likeness (QED) is 0.688. The van der Waals surface area contributed by atoms with Crippen LogP contribution in [-0.4, -0.2) is 19.9 Å². The number of rotatable bonds is 7. The topological polar surface area (TPSA) is 62.0 Å². The van der Waals surface area contributed by atoms with Crippen LogP contribution in [0.2, 0.25) is 0 Å². The van der Waals surface area contributed by atoms with Crippen molar-refractivity contribution in [3.63, 3.8) is 0 Å². The minimum absolute atomic E-state index is 0.321. The molecule has 24 heavy (non-hydrogen) atoms. The van der Waals surface area contributed by atoms with Gasteiger partial charge in [-0.15, -0.1) is 0 Å². The lowest BCUT2D eigenvalue weighted by molar-refractivity contribution is 0.581. The predicted molar refractivity (Wildman–Crippen MR) is 97.6 cm³/mol. The van der Waals surface area contributed by atoms with Crippen molar-refractivity contribution < 1.29 is 8.42 Å². The van der Waals surface area contributed by atoms with E-state index in [0.717, 1.165) is 34.9 Å². The van der Waals surface area contributed by atoms with Gasteiger partial charge < -0.3 is 4.98 Å². The molecule has 3 rings (SSSR count). The van der Waals surface area contributed by atoms with Crippen molar-refractivity contribution in [1.82, 2.24) is 9.71 Å². The Kier molecular flexibility index (Phi) is 5.02. The van der Waals surface area contributed by atoms with Crippen LogP contribution < -0.4 is 4.72 Å². The second-order valence-electron chi connectivity index (χ2n) is 5.90. The number of aryl methyl sites for hydroxylation is 1. The minimum atomic E-state index is -3.46. The Morgan fingerprint density at radius 2 is 1.75 bits per heavy atom. The van der Waals surface area contributed by atoms with E-state index in [9.17, 15) is 8.42 Å². The molecule has 126 valence electrons. The SMILES string of the molecule is CCCc1ccc(S(=O)(=O)NCCc2c[nH]c3ccccc23)cc1. The van der Waals surface area contributed by atoms with Gasteiger partial charge in [-0.25, -0.2) is 13.1 Å². The fraction of sp³-hybridized carbons (Fsp3) is 0.263. The number of hydrogen-bond donors (Lipinski definition) is 2. The van der Waals surface area contributed by atoms with E-state index in [1.165, 1.54) is 0 Å². The molecule has 0 aliphatic heterocycles. The standard InChI is InChI=1S/C19H22N2O2S/c1-2-5-15-8-10-17(11-9-15)24(22,23)21-13-12-16-14-20-19-7-4-3-6-18(16)19/h3-4,6-11,14,20-21H,2,5,12-13H2,1H3. The molecular weight excluding hydrogens is 320 g/mol. The van der Waals surface area contributed by atoms with Gasteiger partial charge >= 0.3 is 0 Å². The third kappa shape index (κ3) is 3.68. The summed E-state index contributed by atoms with van der Waals surface area (Å²) in [6.45, 7) is 2.48. The molecule has 0 unspecified atom stereocenters. The van der Waals surface area contributed by atoms with Crippen LogP contribution in [0.15, 0.2) is 59.6 Å². The Labute approximate surface area is 143 Å². The van der Waals surface area contributed by atoms with Crippen molar-refractivity contribution in [1.29, 1.82) is 0 Å². The predicted octanol–water partition coefficient (Wildman–Crippen LogP) is 3.64. The van der Waals surface area contributed by atoms with E-state index in [0.29, 0.717) is 17.9 Å². The van der Waals surface area contributed by atoms with Crippen molar-refractivity contribution in [2.45, 2.75) is 31.1 Å². The van der Waals surface area contributed by atoms with E-state index in [4.69, 9.17) is 0 Å². The number of nitrogens with one attached hydrogen (secondary N) is 2. The fourth-order valence-corrected chi connectivity index (χ4v) is 3.90. The number of aromatic amines is 1. The average Bonchev–Trinajstić information content (AvgIpc) is 2.99. The molecule has 0 saturated heterocycles. The lowest BCUT2D eigenvalue weighted by Gasteiger charge is -2.07. The molecule has 0 radical (unpaired) electrons. The van der Waals surface area contributed by atoms with Crippen molar-refractivity contribution >= 4 is 20.9 Å². The summed E-state index contributed by atoms with van der Waals surface area (Å²) in [6.07, 6.45) is 4.61. The number of aromatic nitrogens is 1. The maximum Gasteiger partial charge on any atom is 0.240 e. The second-order valence-corrected chi connectivity index (χ2v) is 7.67. The second kappa shape index (κ2) is 7.20. The molecule has 1 aromatic heterocycles. The Morgan fingerprint density at radius 3 is 2.50 bits per heavy atom. The first-order chi connectivity index (χ1) is 11.6. The van der Waals surface area contributed by atoms with E-state index >= 15 is 0 Å². The van der Waals surface area contributed by atoms with E-state index in [-0.39, 0.29) is 0 Å². The Balaban J connectivity index is 1.64. The Morgan fingerprint density at radius 1 is 1.00 bits per heavy atom. The first-order valence-corrected chi connectivity index (χ1v) is 9.72. The fourth-order valence-electron chi connectivity index (χ4n) is 2.87. The van der Waals surface area contributed by atoms with Gasteiger partial charge in [-0.1, -0.05) is 43.7 Å². The maximum atomic E-state index is 12.4. The number of H-pyrrole nitrogens is 1. The zero-order valence-electron chi connectivity index (χ0n) is 13.7. The monoisotopic (exact) mass is 342 g/mol.